The first-order valence-corrected chi connectivity index (χ1v) is 2.93. The molecule has 60 valence electrons. The Bertz CT molecular complexity index is 260. The smallest absolute Gasteiger partial charge is 0.0844 e. The summed E-state index contributed by atoms with van der Waals surface area (Å²) in [5.74, 6) is 0. The van der Waals surface area contributed by atoms with Gasteiger partial charge in [-0.2, -0.15) is 0 Å². The summed E-state index contributed by atoms with van der Waals surface area (Å²) >= 11 is 0. The van der Waals surface area contributed by atoms with Gasteiger partial charge in [0, 0.05) is 18.8 Å². The number of aliphatic imine (C=N–C) groups is 1. The minimum absolute atomic E-state index is 0. The summed E-state index contributed by atoms with van der Waals surface area (Å²) < 4.78 is 0. The third-order valence-electron chi connectivity index (χ3n) is 1.38. The molecule has 0 bridgehead atoms. The van der Waals surface area contributed by atoms with E-state index in [1.165, 1.54) is 0 Å². The third-order valence-corrected chi connectivity index (χ3v) is 1.38. The van der Waals surface area contributed by atoms with Gasteiger partial charge >= 0.3 is 0 Å². The second-order valence-electron chi connectivity index (χ2n) is 1.99. The van der Waals surface area contributed by atoms with Gasteiger partial charge < -0.3 is 0 Å². The highest BCUT2D eigenvalue weighted by Crippen LogP contribution is 2.19. The molecule has 11 heavy (non-hydrogen) atoms. The van der Waals surface area contributed by atoms with Crippen molar-refractivity contribution in [1.82, 2.24) is 4.98 Å². The maximum Gasteiger partial charge on any atom is 0.0844 e. The average Bonchev–Trinajstić information content (AvgIpc) is 2.33. The molecule has 0 amide bonds. The van der Waals surface area contributed by atoms with Gasteiger partial charge in [-0.05, 0) is 12.1 Å². The highest BCUT2D eigenvalue weighted by Gasteiger charge is 2.03. The third kappa shape index (κ3) is 1.91. The summed E-state index contributed by atoms with van der Waals surface area (Å²) in [6.45, 7) is 0. The van der Waals surface area contributed by atoms with Crippen LogP contribution < -0.4 is 0 Å². The summed E-state index contributed by atoms with van der Waals surface area (Å²) in [5.41, 5.74) is 2.12. The van der Waals surface area contributed by atoms with Crippen molar-refractivity contribution in [3.8, 4) is 0 Å². The second kappa shape index (κ2) is 4.31. The number of rotatable bonds is 0. The van der Waals surface area contributed by atoms with Crippen molar-refractivity contribution in [2.45, 2.75) is 6.42 Å². The molecule has 4 heteroatoms. The van der Waals surface area contributed by atoms with E-state index in [9.17, 15) is 0 Å². The number of halogens is 2. The second-order valence-corrected chi connectivity index (χ2v) is 1.99. The van der Waals surface area contributed by atoms with Crippen molar-refractivity contribution in [2.24, 2.45) is 4.99 Å². The fourth-order valence-corrected chi connectivity index (χ4v) is 0.935. The molecule has 0 aromatic carbocycles. The Morgan fingerprint density at radius 3 is 2.82 bits per heavy atom. The van der Waals surface area contributed by atoms with E-state index in [0.717, 1.165) is 17.8 Å². The van der Waals surface area contributed by atoms with Gasteiger partial charge in [0.05, 0.1) is 11.4 Å². The van der Waals surface area contributed by atoms with Crippen molar-refractivity contribution < 1.29 is 0 Å². The Hall–Kier alpha value is -0.600. The number of nitrogens with zero attached hydrogens (tertiary/aromatic N) is 2. The molecule has 0 unspecified atom stereocenters. The van der Waals surface area contributed by atoms with E-state index in [2.05, 4.69) is 9.98 Å². The lowest BCUT2D eigenvalue weighted by molar-refractivity contribution is 1.18. The molecular weight excluding hydrogens is 183 g/mol. The van der Waals surface area contributed by atoms with Crippen molar-refractivity contribution in [3.05, 3.63) is 24.0 Å². The minimum Gasteiger partial charge on any atom is -0.259 e. The van der Waals surface area contributed by atoms with Gasteiger partial charge in [0.15, 0.2) is 0 Å². The van der Waals surface area contributed by atoms with Crippen molar-refractivity contribution in [1.29, 1.82) is 0 Å². The zero-order chi connectivity index (χ0) is 6.10. The Morgan fingerprint density at radius 1 is 1.27 bits per heavy atom. The fourth-order valence-electron chi connectivity index (χ4n) is 0.935. The monoisotopic (exact) mass is 190 g/mol. The van der Waals surface area contributed by atoms with Crippen LogP contribution in [0.5, 0.6) is 0 Å². The Labute approximate surface area is 77.6 Å². The van der Waals surface area contributed by atoms with Gasteiger partial charge in [0.25, 0.3) is 0 Å². The largest absolute Gasteiger partial charge is 0.259 e. The van der Waals surface area contributed by atoms with Crippen molar-refractivity contribution in [2.75, 3.05) is 0 Å². The van der Waals surface area contributed by atoms with Crippen LogP contribution >= 0.6 is 24.8 Å². The Kier molecular flexibility index (Phi) is 4.08. The van der Waals surface area contributed by atoms with E-state index >= 15 is 0 Å². The molecule has 2 nitrogen and oxygen atoms in total. The number of hydrogen-bond acceptors (Lipinski definition) is 2. The van der Waals surface area contributed by atoms with Crippen LogP contribution in [0.1, 0.15) is 5.69 Å². The quantitative estimate of drug-likeness (QED) is 0.616. The molecule has 1 aliphatic rings. The molecule has 0 saturated carbocycles. The molecule has 1 aromatic rings. The lowest BCUT2D eigenvalue weighted by Crippen LogP contribution is -1.81. The highest BCUT2D eigenvalue weighted by atomic mass is 35.5. The minimum atomic E-state index is 0. The van der Waals surface area contributed by atoms with Gasteiger partial charge in [-0.15, -0.1) is 24.8 Å². The Balaban J connectivity index is 0.000000500. The first-order valence-electron chi connectivity index (χ1n) is 2.93. The molecule has 0 saturated heterocycles. The Morgan fingerprint density at radius 2 is 2.09 bits per heavy atom. The lowest BCUT2D eigenvalue weighted by Gasteiger charge is -1.90. The first-order chi connectivity index (χ1) is 4.47. The normalized spacial score (nSPS) is 11.3. The number of fused-ring (bicyclic) bond motifs is 1. The van der Waals surface area contributed by atoms with Crippen LogP contribution in [-0.4, -0.2) is 11.2 Å². The lowest BCUT2D eigenvalue weighted by atomic mass is 10.3. The number of hydrogen-bond donors (Lipinski definition) is 0. The number of pyridine rings is 1. The average molecular weight is 191 g/mol. The van der Waals surface area contributed by atoms with Crippen LogP contribution in [-0.2, 0) is 6.42 Å². The van der Waals surface area contributed by atoms with Crippen LogP contribution in [0.4, 0.5) is 5.69 Å². The van der Waals surface area contributed by atoms with E-state index in [0.29, 0.717) is 0 Å². The van der Waals surface area contributed by atoms with Gasteiger partial charge in [-0.1, -0.05) is 0 Å². The van der Waals surface area contributed by atoms with Crippen LogP contribution in [0.15, 0.2) is 23.3 Å². The molecule has 0 fully saturated rings. The summed E-state index contributed by atoms with van der Waals surface area (Å²) in [7, 11) is 0. The van der Waals surface area contributed by atoms with Crippen LogP contribution in [0.3, 0.4) is 0 Å². The van der Waals surface area contributed by atoms with Gasteiger partial charge in [0.2, 0.25) is 0 Å². The SMILES string of the molecule is C1=Nc2cccnc2C1.Cl.Cl. The summed E-state index contributed by atoms with van der Waals surface area (Å²) in [5, 5.41) is 0. The molecule has 0 aliphatic carbocycles. The molecule has 2 rings (SSSR count). The van der Waals surface area contributed by atoms with E-state index in [4.69, 9.17) is 0 Å². The topological polar surface area (TPSA) is 25.2 Å². The summed E-state index contributed by atoms with van der Waals surface area (Å²) in [6, 6.07) is 3.88. The van der Waals surface area contributed by atoms with Gasteiger partial charge in [0.1, 0.15) is 0 Å². The van der Waals surface area contributed by atoms with Crippen LogP contribution in [0.25, 0.3) is 0 Å². The molecule has 1 aromatic heterocycles. The molecular formula is C7H8Cl2N2. The fraction of sp³-hybridized carbons (Fsp3) is 0.143. The van der Waals surface area contributed by atoms with Crippen LogP contribution in [0, 0.1) is 0 Å². The summed E-state index contributed by atoms with van der Waals surface area (Å²) in [6.07, 6.45) is 4.58. The first kappa shape index (κ1) is 10.4. The molecule has 0 N–H and O–H groups in total. The highest BCUT2D eigenvalue weighted by molar-refractivity contribution is 5.85. The van der Waals surface area contributed by atoms with Crippen LogP contribution in [0.2, 0.25) is 0 Å². The van der Waals surface area contributed by atoms with Gasteiger partial charge in [-0.3, -0.25) is 9.98 Å². The van der Waals surface area contributed by atoms with E-state index in [1.807, 2.05) is 18.3 Å². The maximum absolute atomic E-state index is 4.13. The summed E-state index contributed by atoms with van der Waals surface area (Å²) in [4.78, 5) is 8.25. The molecule has 0 atom stereocenters. The predicted molar refractivity (Wildman–Crippen MR) is 50.6 cm³/mol. The molecule has 0 radical (unpaired) electrons. The maximum atomic E-state index is 4.13. The standard InChI is InChI=1S/C7H6N2.2ClH/c1-2-6-7(8-4-1)3-5-9-6;;/h1-2,4-5H,3H2;2*1H. The molecule has 2 heterocycles. The number of aromatic nitrogens is 1. The van der Waals surface area contributed by atoms with E-state index < -0.39 is 0 Å². The molecule has 0 spiro atoms. The molecule has 1 aliphatic heterocycles. The van der Waals surface area contributed by atoms with E-state index in [1.54, 1.807) is 6.20 Å². The van der Waals surface area contributed by atoms with Crippen molar-refractivity contribution >= 4 is 36.7 Å². The zero-order valence-corrected chi connectivity index (χ0v) is 7.36. The zero-order valence-electron chi connectivity index (χ0n) is 5.73. The van der Waals surface area contributed by atoms with E-state index in [-0.39, 0.29) is 24.8 Å². The van der Waals surface area contributed by atoms with Gasteiger partial charge in [-0.25, -0.2) is 0 Å². The predicted octanol–water partition coefficient (Wildman–Crippen LogP) is 2.18. The van der Waals surface area contributed by atoms with Crippen molar-refractivity contribution in [3.63, 3.8) is 0 Å².